The van der Waals surface area contributed by atoms with E-state index in [0.29, 0.717) is 6.42 Å². The number of rotatable bonds is 1. The van der Waals surface area contributed by atoms with Crippen LogP contribution in [0.25, 0.3) is 10.9 Å². The van der Waals surface area contributed by atoms with E-state index in [2.05, 4.69) is 17.0 Å². The van der Waals surface area contributed by atoms with Gasteiger partial charge in [0.25, 0.3) is 0 Å². The highest BCUT2D eigenvalue weighted by Crippen LogP contribution is 2.11. The summed E-state index contributed by atoms with van der Waals surface area (Å²) in [5, 5.41) is 1.16. The zero-order valence-corrected chi connectivity index (χ0v) is 7.20. The van der Waals surface area contributed by atoms with Gasteiger partial charge >= 0.3 is 0 Å². The number of hydrogen-bond acceptors (Lipinski definition) is 1. The molecule has 0 saturated heterocycles. The fraction of sp³-hybridized carbons (Fsp3) is 0.0833. The average molecular weight is 167 g/mol. The number of terminal acetylenes is 1. The Labute approximate surface area is 77.4 Å². The fourth-order valence-electron chi connectivity index (χ4n) is 1.31. The second kappa shape index (κ2) is 3.28. The summed E-state index contributed by atoms with van der Waals surface area (Å²) in [6.45, 7) is 0. The van der Waals surface area contributed by atoms with Crippen LogP contribution in [0, 0.1) is 12.3 Å². The summed E-state index contributed by atoms with van der Waals surface area (Å²) in [4.78, 5) is 4.42. The first-order valence-corrected chi connectivity index (χ1v) is 4.18. The first-order valence-electron chi connectivity index (χ1n) is 4.18. The molecule has 62 valence electrons. The number of fused-ring (bicyclic) bond motifs is 1. The molecule has 0 unspecified atom stereocenters. The summed E-state index contributed by atoms with van der Waals surface area (Å²) in [5.41, 5.74) is 1.97. The van der Waals surface area contributed by atoms with Crippen LogP contribution >= 0.6 is 0 Å². The Morgan fingerprint density at radius 2 is 2.00 bits per heavy atom. The minimum atomic E-state index is 0.602. The molecule has 0 aliphatic heterocycles. The summed E-state index contributed by atoms with van der Waals surface area (Å²) in [7, 11) is 0. The third-order valence-electron chi connectivity index (χ3n) is 1.94. The predicted octanol–water partition coefficient (Wildman–Crippen LogP) is 2.41. The van der Waals surface area contributed by atoms with E-state index in [0.717, 1.165) is 16.6 Å². The molecule has 0 saturated carbocycles. The summed E-state index contributed by atoms with van der Waals surface area (Å²) < 4.78 is 0. The van der Waals surface area contributed by atoms with Gasteiger partial charge in [-0.05, 0) is 12.1 Å². The quantitative estimate of drug-likeness (QED) is 0.594. The maximum atomic E-state index is 5.21. The minimum Gasteiger partial charge on any atom is -0.252 e. The van der Waals surface area contributed by atoms with Crippen molar-refractivity contribution in [2.75, 3.05) is 0 Å². The van der Waals surface area contributed by atoms with Crippen LogP contribution in [0.2, 0.25) is 0 Å². The molecule has 1 heterocycles. The number of aromatic nitrogens is 1. The zero-order valence-electron chi connectivity index (χ0n) is 7.20. The van der Waals surface area contributed by atoms with Gasteiger partial charge in [0.05, 0.1) is 17.6 Å². The second-order valence-electron chi connectivity index (χ2n) is 2.88. The van der Waals surface area contributed by atoms with Crippen LogP contribution in [0.3, 0.4) is 0 Å². The Morgan fingerprint density at radius 3 is 2.85 bits per heavy atom. The maximum absolute atomic E-state index is 5.21. The van der Waals surface area contributed by atoms with Gasteiger partial charge in [0.2, 0.25) is 0 Å². The van der Waals surface area contributed by atoms with Gasteiger partial charge < -0.3 is 0 Å². The molecule has 0 spiro atoms. The van der Waals surface area contributed by atoms with Crippen molar-refractivity contribution in [1.82, 2.24) is 4.98 Å². The van der Waals surface area contributed by atoms with Crippen LogP contribution in [0.5, 0.6) is 0 Å². The summed E-state index contributed by atoms with van der Waals surface area (Å²) >= 11 is 0. The van der Waals surface area contributed by atoms with Crippen molar-refractivity contribution in [3.63, 3.8) is 0 Å². The number of para-hydroxylation sites is 1. The van der Waals surface area contributed by atoms with Gasteiger partial charge in [-0.15, -0.1) is 12.3 Å². The molecule has 0 radical (unpaired) electrons. The van der Waals surface area contributed by atoms with Gasteiger partial charge in [0, 0.05) is 5.39 Å². The van der Waals surface area contributed by atoms with Crippen molar-refractivity contribution in [3.05, 3.63) is 42.1 Å². The third kappa shape index (κ3) is 1.52. The van der Waals surface area contributed by atoms with E-state index < -0.39 is 0 Å². The molecule has 0 aliphatic rings. The van der Waals surface area contributed by atoms with E-state index in [1.165, 1.54) is 0 Å². The smallest absolute Gasteiger partial charge is 0.0705 e. The molecule has 13 heavy (non-hydrogen) atoms. The summed E-state index contributed by atoms with van der Waals surface area (Å²) in [6.07, 6.45) is 5.82. The lowest BCUT2D eigenvalue weighted by Gasteiger charge is -1.98. The molecule has 0 N–H and O–H groups in total. The average Bonchev–Trinajstić information content (AvgIpc) is 2.18. The Hall–Kier alpha value is -1.81. The first-order chi connectivity index (χ1) is 6.40. The molecule has 1 heteroatoms. The van der Waals surface area contributed by atoms with Crippen molar-refractivity contribution in [3.8, 4) is 12.3 Å². The Balaban J connectivity index is 2.57. The van der Waals surface area contributed by atoms with Crippen molar-refractivity contribution in [2.45, 2.75) is 6.42 Å². The van der Waals surface area contributed by atoms with E-state index in [4.69, 9.17) is 6.42 Å². The van der Waals surface area contributed by atoms with Crippen molar-refractivity contribution in [1.29, 1.82) is 0 Å². The third-order valence-corrected chi connectivity index (χ3v) is 1.94. The standard InChI is InChI=1S/C12H9N/c1-2-5-11-9-8-10-6-3-4-7-12(10)13-11/h1,3-4,6-9H,5H2. The number of pyridine rings is 1. The van der Waals surface area contributed by atoms with E-state index in [1.54, 1.807) is 0 Å². The monoisotopic (exact) mass is 167 g/mol. The minimum absolute atomic E-state index is 0.602. The Morgan fingerprint density at radius 1 is 1.15 bits per heavy atom. The van der Waals surface area contributed by atoms with E-state index in [-0.39, 0.29) is 0 Å². The van der Waals surface area contributed by atoms with Crippen LogP contribution in [0.1, 0.15) is 5.69 Å². The van der Waals surface area contributed by atoms with Gasteiger partial charge in [0.1, 0.15) is 0 Å². The predicted molar refractivity (Wildman–Crippen MR) is 54.3 cm³/mol. The summed E-state index contributed by atoms with van der Waals surface area (Å²) in [5.74, 6) is 2.59. The first kappa shape index (κ1) is 7.82. The molecule has 1 aromatic carbocycles. The lowest BCUT2D eigenvalue weighted by Crippen LogP contribution is -1.87. The van der Waals surface area contributed by atoms with E-state index in [1.807, 2.05) is 30.3 Å². The molecular weight excluding hydrogens is 158 g/mol. The highest BCUT2D eigenvalue weighted by atomic mass is 14.7. The van der Waals surface area contributed by atoms with Crippen LogP contribution in [0.15, 0.2) is 36.4 Å². The number of hydrogen-bond donors (Lipinski definition) is 0. The fourth-order valence-corrected chi connectivity index (χ4v) is 1.31. The zero-order chi connectivity index (χ0) is 9.10. The topological polar surface area (TPSA) is 12.9 Å². The van der Waals surface area contributed by atoms with E-state index in [9.17, 15) is 0 Å². The summed E-state index contributed by atoms with van der Waals surface area (Å²) in [6, 6.07) is 12.0. The van der Waals surface area contributed by atoms with Crippen molar-refractivity contribution >= 4 is 10.9 Å². The number of benzene rings is 1. The number of nitrogens with zero attached hydrogens (tertiary/aromatic N) is 1. The lowest BCUT2D eigenvalue weighted by molar-refractivity contribution is 1.17. The van der Waals surface area contributed by atoms with Gasteiger partial charge in [-0.2, -0.15) is 0 Å². The van der Waals surface area contributed by atoms with Gasteiger partial charge in [0.15, 0.2) is 0 Å². The molecule has 2 rings (SSSR count). The molecule has 2 aromatic rings. The molecular formula is C12H9N. The largest absolute Gasteiger partial charge is 0.252 e. The second-order valence-corrected chi connectivity index (χ2v) is 2.88. The Kier molecular flexibility index (Phi) is 1.97. The Bertz CT molecular complexity index is 466. The van der Waals surface area contributed by atoms with E-state index >= 15 is 0 Å². The molecule has 0 aliphatic carbocycles. The van der Waals surface area contributed by atoms with Crippen LogP contribution < -0.4 is 0 Å². The molecule has 0 fully saturated rings. The SMILES string of the molecule is C#CCc1ccc2ccccc2n1. The molecule has 0 bridgehead atoms. The lowest BCUT2D eigenvalue weighted by atomic mass is 10.2. The highest BCUT2D eigenvalue weighted by Gasteiger charge is 1.94. The van der Waals surface area contributed by atoms with Crippen LogP contribution in [-0.4, -0.2) is 4.98 Å². The van der Waals surface area contributed by atoms with Crippen LogP contribution in [0.4, 0.5) is 0 Å². The highest BCUT2D eigenvalue weighted by molar-refractivity contribution is 5.78. The molecule has 1 aromatic heterocycles. The van der Waals surface area contributed by atoms with Gasteiger partial charge in [-0.1, -0.05) is 24.3 Å². The van der Waals surface area contributed by atoms with Gasteiger partial charge in [-0.3, -0.25) is 4.98 Å². The van der Waals surface area contributed by atoms with Crippen molar-refractivity contribution in [2.24, 2.45) is 0 Å². The van der Waals surface area contributed by atoms with Crippen LogP contribution in [-0.2, 0) is 6.42 Å². The molecule has 1 nitrogen and oxygen atoms in total. The molecule has 0 amide bonds. The molecule has 0 atom stereocenters. The van der Waals surface area contributed by atoms with Crippen molar-refractivity contribution < 1.29 is 0 Å². The maximum Gasteiger partial charge on any atom is 0.0705 e. The normalized spacial score (nSPS) is 9.77. The van der Waals surface area contributed by atoms with Gasteiger partial charge in [-0.25, -0.2) is 0 Å².